The van der Waals surface area contributed by atoms with Crippen LogP contribution in [0.5, 0.6) is 5.75 Å². The number of hydrogen-bond donors (Lipinski definition) is 2. The smallest absolute Gasteiger partial charge is 0.247 e. The molecule has 9 heteroatoms. The lowest BCUT2D eigenvalue weighted by Crippen LogP contribution is -2.50. The molecule has 2 N–H and O–H groups in total. The third-order valence-electron chi connectivity index (χ3n) is 5.85. The van der Waals surface area contributed by atoms with Crippen LogP contribution in [0.15, 0.2) is 23.1 Å². The predicted octanol–water partition coefficient (Wildman–Crippen LogP) is 1.06. The standard InChI is InChI=1S/C23H32N2O6S/c1-15-12-25(16(2)14-26)32(29,30)22-10-7-18(6-5-17(3)27)11-20(22)31-21(15)13-24(4)23(28)19-8-9-19/h7,10-11,15-17,19,21,26-27H,8-9,12-14H2,1-4H3/t15-,16-,17-,21+/m0/s1. The zero-order valence-corrected chi connectivity index (χ0v) is 19.8. The molecule has 0 aromatic heterocycles. The van der Waals surface area contributed by atoms with Crippen LogP contribution in [0.1, 0.15) is 39.2 Å². The van der Waals surface area contributed by atoms with Crippen LogP contribution in [0.4, 0.5) is 0 Å². The van der Waals surface area contributed by atoms with Gasteiger partial charge in [0.25, 0.3) is 0 Å². The Hall–Kier alpha value is -2.12. The first-order chi connectivity index (χ1) is 15.0. The summed E-state index contributed by atoms with van der Waals surface area (Å²) in [5.41, 5.74) is 0.510. The molecule has 1 aromatic carbocycles. The quantitative estimate of drug-likeness (QED) is 0.631. The number of ether oxygens (including phenoxy) is 1. The molecular formula is C23H32N2O6S. The normalized spacial score (nSPS) is 24.6. The minimum absolute atomic E-state index is 0.00605. The van der Waals surface area contributed by atoms with Crippen LogP contribution >= 0.6 is 0 Å². The lowest BCUT2D eigenvalue weighted by atomic mass is 10.0. The van der Waals surface area contributed by atoms with Gasteiger partial charge in [0.15, 0.2) is 0 Å². The highest BCUT2D eigenvalue weighted by Gasteiger charge is 2.39. The monoisotopic (exact) mass is 464 g/mol. The van der Waals surface area contributed by atoms with Gasteiger partial charge in [0.05, 0.1) is 13.2 Å². The molecule has 1 heterocycles. The second kappa shape index (κ2) is 9.79. The predicted molar refractivity (Wildman–Crippen MR) is 119 cm³/mol. The topological polar surface area (TPSA) is 107 Å². The molecular weight excluding hydrogens is 432 g/mol. The largest absolute Gasteiger partial charge is 0.487 e. The van der Waals surface area contributed by atoms with Crippen LogP contribution in [0.25, 0.3) is 0 Å². The van der Waals surface area contributed by atoms with Crippen molar-refractivity contribution in [3.05, 3.63) is 23.8 Å². The van der Waals surface area contributed by atoms with E-state index in [1.807, 2.05) is 6.92 Å². The molecule has 0 saturated heterocycles. The van der Waals surface area contributed by atoms with Crippen LogP contribution in [0, 0.1) is 23.7 Å². The number of aliphatic hydroxyl groups is 2. The van der Waals surface area contributed by atoms with Crippen molar-refractivity contribution in [3.8, 4) is 17.6 Å². The number of amides is 1. The van der Waals surface area contributed by atoms with Gasteiger partial charge in [-0.1, -0.05) is 18.8 Å². The molecule has 1 aromatic rings. The van der Waals surface area contributed by atoms with Crippen molar-refractivity contribution in [1.29, 1.82) is 0 Å². The van der Waals surface area contributed by atoms with Gasteiger partial charge in [-0.2, -0.15) is 4.31 Å². The highest BCUT2D eigenvalue weighted by molar-refractivity contribution is 7.89. The molecule has 176 valence electrons. The van der Waals surface area contributed by atoms with E-state index in [9.17, 15) is 23.4 Å². The summed E-state index contributed by atoms with van der Waals surface area (Å²) in [6.45, 7) is 5.25. The lowest BCUT2D eigenvalue weighted by molar-refractivity contribution is -0.132. The van der Waals surface area contributed by atoms with E-state index in [0.717, 1.165) is 12.8 Å². The van der Waals surface area contributed by atoms with Gasteiger partial charge in [-0.15, -0.1) is 0 Å². The molecule has 0 spiro atoms. The number of sulfonamides is 1. The van der Waals surface area contributed by atoms with E-state index >= 15 is 0 Å². The van der Waals surface area contributed by atoms with Gasteiger partial charge in [-0.3, -0.25) is 4.79 Å². The SMILES string of the molecule is C[C@H](O)C#Cc1ccc2c(c1)O[C@H](CN(C)C(=O)C1CC1)[C@@H](C)CN([C@@H](C)CO)S2(=O)=O. The van der Waals surface area contributed by atoms with Crippen molar-refractivity contribution in [2.24, 2.45) is 11.8 Å². The molecule has 1 saturated carbocycles. The molecule has 0 unspecified atom stereocenters. The van der Waals surface area contributed by atoms with E-state index in [1.54, 1.807) is 37.9 Å². The Bertz CT molecular complexity index is 1010. The highest BCUT2D eigenvalue weighted by Crippen LogP contribution is 2.35. The molecule has 2 aliphatic rings. The Morgan fingerprint density at radius 2 is 2.03 bits per heavy atom. The maximum atomic E-state index is 13.4. The highest BCUT2D eigenvalue weighted by atomic mass is 32.2. The van der Waals surface area contributed by atoms with Gasteiger partial charge < -0.3 is 19.8 Å². The fraction of sp³-hybridized carbons (Fsp3) is 0.609. The number of carbonyl (C=O) groups excluding carboxylic acids is 1. The molecule has 0 bridgehead atoms. The van der Waals surface area contributed by atoms with Crippen molar-refractivity contribution < 1.29 is 28.2 Å². The molecule has 1 aliphatic carbocycles. The van der Waals surface area contributed by atoms with E-state index < -0.39 is 28.3 Å². The van der Waals surface area contributed by atoms with Crippen LogP contribution in [-0.4, -0.2) is 78.7 Å². The number of fused-ring (bicyclic) bond motifs is 1. The van der Waals surface area contributed by atoms with E-state index in [-0.39, 0.29) is 41.5 Å². The summed E-state index contributed by atoms with van der Waals surface area (Å²) in [4.78, 5) is 14.2. The van der Waals surface area contributed by atoms with Gasteiger partial charge in [-0.25, -0.2) is 8.42 Å². The average Bonchev–Trinajstić information content (AvgIpc) is 3.58. The first kappa shape index (κ1) is 24.5. The number of benzene rings is 1. The molecule has 8 nitrogen and oxygen atoms in total. The zero-order valence-electron chi connectivity index (χ0n) is 19.0. The van der Waals surface area contributed by atoms with Gasteiger partial charge in [0.2, 0.25) is 15.9 Å². The van der Waals surface area contributed by atoms with Crippen LogP contribution in [-0.2, 0) is 14.8 Å². The van der Waals surface area contributed by atoms with Crippen LogP contribution in [0.3, 0.4) is 0 Å². The van der Waals surface area contributed by atoms with Crippen LogP contribution in [0.2, 0.25) is 0 Å². The molecule has 4 atom stereocenters. The first-order valence-electron chi connectivity index (χ1n) is 10.9. The van der Waals surface area contributed by atoms with Crippen molar-refractivity contribution in [1.82, 2.24) is 9.21 Å². The summed E-state index contributed by atoms with van der Waals surface area (Å²) in [7, 11) is -2.19. The third kappa shape index (κ3) is 5.44. The Morgan fingerprint density at radius 1 is 1.34 bits per heavy atom. The van der Waals surface area contributed by atoms with Crippen molar-refractivity contribution >= 4 is 15.9 Å². The summed E-state index contributed by atoms with van der Waals surface area (Å²) in [6.07, 6.45) is 0.527. The minimum atomic E-state index is -3.94. The molecule has 32 heavy (non-hydrogen) atoms. The van der Waals surface area contributed by atoms with Gasteiger partial charge in [0, 0.05) is 37.0 Å². The van der Waals surface area contributed by atoms with E-state index in [4.69, 9.17) is 4.74 Å². The van der Waals surface area contributed by atoms with Gasteiger partial charge in [-0.05, 0) is 44.9 Å². The third-order valence-corrected chi connectivity index (χ3v) is 7.87. The van der Waals surface area contributed by atoms with Gasteiger partial charge >= 0.3 is 0 Å². The van der Waals surface area contributed by atoms with Crippen LogP contribution < -0.4 is 4.74 Å². The Morgan fingerprint density at radius 3 is 2.62 bits per heavy atom. The van der Waals surface area contributed by atoms with Crippen molar-refractivity contribution in [2.45, 2.75) is 56.8 Å². The maximum absolute atomic E-state index is 13.4. The molecule has 3 rings (SSSR count). The number of aliphatic hydroxyl groups excluding tert-OH is 2. The Balaban J connectivity index is 2.03. The fourth-order valence-corrected chi connectivity index (χ4v) is 5.54. The molecule has 0 radical (unpaired) electrons. The number of carbonyl (C=O) groups is 1. The first-order valence-corrected chi connectivity index (χ1v) is 12.4. The summed E-state index contributed by atoms with van der Waals surface area (Å²) < 4.78 is 34.4. The van der Waals surface area contributed by atoms with E-state index in [2.05, 4.69) is 11.8 Å². The Kier molecular flexibility index (Phi) is 7.50. The van der Waals surface area contributed by atoms with Gasteiger partial charge in [0.1, 0.15) is 22.9 Å². The number of likely N-dealkylation sites (N-methyl/N-ethyl adjacent to an activating group) is 1. The lowest BCUT2D eigenvalue weighted by Gasteiger charge is -2.37. The summed E-state index contributed by atoms with van der Waals surface area (Å²) >= 11 is 0. The number of nitrogens with zero attached hydrogens (tertiary/aromatic N) is 2. The van der Waals surface area contributed by atoms with E-state index in [1.165, 1.54) is 10.4 Å². The fourth-order valence-electron chi connectivity index (χ4n) is 3.71. The summed E-state index contributed by atoms with van der Waals surface area (Å²) in [5, 5.41) is 19.2. The second-order valence-electron chi connectivity index (χ2n) is 8.84. The summed E-state index contributed by atoms with van der Waals surface area (Å²) in [5.74, 6) is 5.52. The summed E-state index contributed by atoms with van der Waals surface area (Å²) in [6, 6.07) is 3.95. The zero-order chi connectivity index (χ0) is 23.6. The minimum Gasteiger partial charge on any atom is -0.487 e. The average molecular weight is 465 g/mol. The van der Waals surface area contributed by atoms with Crippen molar-refractivity contribution in [2.75, 3.05) is 26.7 Å². The second-order valence-corrected chi connectivity index (χ2v) is 10.7. The van der Waals surface area contributed by atoms with Crippen molar-refractivity contribution in [3.63, 3.8) is 0 Å². The number of hydrogen-bond acceptors (Lipinski definition) is 6. The number of rotatable bonds is 5. The Labute approximate surface area is 190 Å². The molecule has 1 amide bonds. The maximum Gasteiger partial charge on any atom is 0.247 e. The molecule has 1 aliphatic heterocycles. The molecule has 1 fully saturated rings. The van der Waals surface area contributed by atoms with E-state index in [0.29, 0.717) is 12.1 Å².